The number of rotatable bonds is 4. The quantitative estimate of drug-likeness (QED) is 0.825. The predicted octanol–water partition coefficient (Wildman–Crippen LogP) is 3.99. The Hall–Kier alpha value is -1.67. The van der Waals surface area contributed by atoms with Crippen molar-refractivity contribution in [3.8, 4) is 5.75 Å². The molecule has 0 aromatic heterocycles. The fourth-order valence-corrected chi connectivity index (χ4v) is 2.07. The largest absolute Gasteiger partial charge is 0.495 e. The molecule has 0 spiro atoms. The van der Waals surface area contributed by atoms with E-state index in [0.29, 0.717) is 5.02 Å². The predicted molar refractivity (Wildman–Crippen MR) is 76.6 cm³/mol. The second kappa shape index (κ2) is 5.78. The van der Waals surface area contributed by atoms with Crippen LogP contribution in [0.2, 0.25) is 5.02 Å². The second-order valence-electron chi connectivity index (χ2n) is 4.16. The van der Waals surface area contributed by atoms with Gasteiger partial charge in [-0.15, -0.1) is 0 Å². The summed E-state index contributed by atoms with van der Waals surface area (Å²) in [7, 11) is 3.70. The molecule has 0 amide bonds. The Balaban J connectivity index is 2.23. The van der Waals surface area contributed by atoms with Crippen molar-refractivity contribution in [3.63, 3.8) is 0 Å². The normalized spacial score (nSPS) is 10.2. The molecule has 0 aliphatic carbocycles. The summed E-state index contributed by atoms with van der Waals surface area (Å²) in [5.74, 6) is 0.831. The molecule has 0 saturated carbocycles. The van der Waals surface area contributed by atoms with Gasteiger partial charge in [-0.25, -0.2) is 0 Å². The summed E-state index contributed by atoms with van der Waals surface area (Å²) >= 11 is 6.04. The van der Waals surface area contributed by atoms with E-state index in [9.17, 15) is 0 Å². The molecule has 2 nitrogen and oxygen atoms in total. The summed E-state index contributed by atoms with van der Waals surface area (Å²) in [5.41, 5.74) is 2.25. The van der Waals surface area contributed by atoms with Crippen molar-refractivity contribution >= 4 is 17.3 Å². The molecule has 0 aliphatic heterocycles. The van der Waals surface area contributed by atoms with Crippen molar-refractivity contribution in [3.05, 3.63) is 59.1 Å². The first kappa shape index (κ1) is 12.8. The SMILES string of the molecule is COc1ccc(Cl)cc1N(C)Cc1ccccc1. The molecule has 0 N–H and O–H groups in total. The van der Waals surface area contributed by atoms with Crippen LogP contribution in [-0.2, 0) is 6.54 Å². The van der Waals surface area contributed by atoms with Crippen LogP contribution in [0.3, 0.4) is 0 Å². The van der Waals surface area contributed by atoms with Gasteiger partial charge in [-0.1, -0.05) is 41.9 Å². The molecule has 2 aromatic carbocycles. The van der Waals surface area contributed by atoms with Gasteiger partial charge >= 0.3 is 0 Å². The van der Waals surface area contributed by atoms with Gasteiger partial charge in [0.1, 0.15) is 5.75 Å². The monoisotopic (exact) mass is 261 g/mol. The van der Waals surface area contributed by atoms with E-state index in [1.54, 1.807) is 7.11 Å². The highest BCUT2D eigenvalue weighted by molar-refractivity contribution is 6.30. The Morgan fingerprint density at radius 2 is 1.83 bits per heavy atom. The molecular formula is C15H16ClNO. The second-order valence-corrected chi connectivity index (χ2v) is 4.59. The van der Waals surface area contributed by atoms with E-state index < -0.39 is 0 Å². The molecular weight excluding hydrogens is 246 g/mol. The van der Waals surface area contributed by atoms with E-state index in [1.807, 2.05) is 43.4 Å². The average Bonchev–Trinajstić information content (AvgIpc) is 2.40. The summed E-state index contributed by atoms with van der Waals surface area (Å²) in [6.45, 7) is 0.817. The fraction of sp³-hybridized carbons (Fsp3) is 0.200. The summed E-state index contributed by atoms with van der Waals surface area (Å²) in [6.07, 6.45) is 0. The molecule has 18 heavy (non-hydrogen) atoms. The lowest BCUT2D eigenvalue weighted by molar-refractivity contribution is 0.415. The number of hydrogen-bond acceptors (Lipinski definition) is 2. The fourth-order valence-electron chi connectivity index (χ4n) is 1.90. The van der Waals surface area contributed by atoms with Crippen LogP contribution < -0.4 is 9.64 Å². The van der Waals surface area contributed by atoms with E-state index in [-0.39, 0.29) is 0 Å². The van der Waals surface area contributed by atoms with Gasteiger partial charge in [0.2, 0.25) is 0 Å². The van der Waals surface area contributed by atoms with E-state index in [1.165, 1.54) is 5.56 Å². The zero-order chi connectivity index (χ0) is 13.0. The topological polar surface area (TPSA) is 12.5 Å². The lowest BCUT2D eigenvalue weighted by atomic mass is 10.2. The molecule has 0 unspecified atom stereocenters. The van der Waals surface area contributed by atoms with Gasteiger partial charge in [0.25, 0.3) is 0 Å². The highest BCUT2D eigenvalue weighted by atomic mass is 35.5. The van der Waals surface area contributed by atoms with Gasteiger partial charge < -0.3 is 9.64 Å². The summed E-state index contributed by atoms with van der Waals surface area (Å²) < 4.78 is 5.36. The lowest BCUT2D eigenvalue weighted by Crippen LogP contribution is -2.17. The zero-order valence-electron chi connectivity index (χ0n) is 10.6. The smallest absolute Gasteiger partial charge is 0.142 e. The molecule has 0 saturated heterocycles. The van der Waals surface area contributed by atoms with E-state index >= 15 is 0 Å². The van der Waals surface area contributed by atoms with Crippen LogP contribution >= 0.6 is 11.6 Å². The molecule has 94 valence electrons. The Kier molecular flexibility index (Phi) is 4.11. The molecule has 3 heteroatoms. The maximum Gasteiger partial charge on any atom is 0.142 e. The van der Waals surface area contributed by atoms with Crippen molar-refractivity contribution in [2.75, 3.05) is 19.1 Å². The van der Waals surface area contributed by atoms with Gasteiger partial charge in [-0.2, -0.15) is 0 Å². The number of nitrogens with zero attached hydrogens (tertiary/aromatic N) is 1. The molecule has 0 bridgehead atoms. The van der Waals surface area contributed by atoms with Crippen LogP contribution in [0.5, 0.6) is 5.75 Å². The first-order chi connectivity index (χ1) is 8.70. The summed E-state index contributed by atoms with van der Waals surface area (Å²) in [6, 6.07) is 15.9. The van der Waals surface area contributed by atoms with Crippen LogP contribution in [0.15, 0.2) is 48.5 Å². The van der Waals surface area contributed by atoms with Crippen LogP contribution in [-0.4, -0.2) is 14.2 Å². The number of hydrogen-bond donors (Lipinski definition) is 0. The maximum atomic E-state index is 6.04. The summed E-state index contributed by atoms with van der Waals surface area (Å²) in [4.78, 5) is 2.13. The van der Waals surface area contributed by atoms with Gasteiger partial charge in [0, 0.05) is 18.6 Å². The van der Waals surface area contributed by atoms with E-state index in [4.69, 9.17) is 16.3 Å². The average molecular weight is 262 g/mol. The van der Waals surface area contributed by atoms with Gasteiger partial charge in [0.15, 0.2) is 0 Å². The molecule has 0 atom stereocenters. The number of benzene rings is 2. The summed E-state index contributed by atoms with van der Waals surface area (Å²) in [5, 5.41) is 0.714. The van der Waals surface area contributed by atoms with Gasteiger partial charge in [-0.3, -0.25) is 0 Å². The molecule has 0 fully saturated rings. The van der Waals surface area contributed by atoms with E-state index in [0.717, 1.165) is 18.0 Å². The van der Waals surface area contributed by atoms with Crippen molar-refractivity contribution in [1.29, 1.82) is 0 Å². The first-order valence-electron chi connectivity index (χ1n) is 5.79. The van der Waals surface area contributed by atoms with Crippen LogP contribution in [0.25, 0.3) is 0 Å². The molecule has 2 rings (SSSR count). The molecule has 0 radical (unpaired) electrons. The van der Waals surface area contributed by atoms with E-state index in [2.05, 4.69) is 17.0 Å². The molecule has 0 aliphatic rings. The van der Waals surface area contributed by atoms with Gasteiger partial charge in [0.05, 0.1) is 12.8 Å². The molecule has 0 heterocycles. The van der Waals surface area contributed by atoms with Crippen molar-refractivity contribution < 1.29 is 4.74 Å². The third kappa shape index (κ3) is 2.96. The number of methoxy groups -OCH3 is 1. The Morgan fingerprint density at radius 1 is 1.11 bits per heavy atom. The number of anilines is 1. The third-order valence-corrected chi connectivity index (χ3v) is 3.05. The Bertz CT molecular complexity index is 513. The van der Waals surface area contributed by atoms with Crippen LogP contribution in [0.1, 0.15) is 5.56 Å². The standard InChI is InChI=1S/C15H16ClNO/c1-17(11-12-6-4-3-5-7-12)14-10-13(16)8-9-15(14)18-2/h3-10H,11H2,1-2H3. The van der Waals surface area contributed by atoms with Crippen LogP contribution in [0.4, 0.5) is 5.69 Å². The Morgan fingerprint density at radius 3 is 2.50 bits per heavy atom. The highest BCUT2D eigenvalue weighted by Gasteiger charge is 2.09. The minimum Gasteiger partial charge on any atom is -0.495 e. The minimum absolute atomic E-state index is 0.714. The van der Waals surface area contributed by atoms with Gasteiger partial charge in [-0.05, 0) is 23.8 Å². The van der Waals surface area contributed by atoms with Crippen LogP contribution in [0, 0.1) is 0 Å². The van der Waals surface area contributed by atoms with Crippen molar-refractivity contribution in [2.45, 2.75) is 6.54 Å². The maximum absolute atomic E-state index is 6.04. The highest BCUT2D eigenvalue weighted by Crippen LogP contribution is 2.31. The number of ether oxygens (including phenoxy) is 1. The Labute approximate surface area is 113 Å². The third-order valence-electron chi connectivity index (χ3n) is 2.81. The number of halogens is 1. The first-order valence-corrected chi connectivity index (χ1v) is 6.17. The van der Waals surface area contributed by atoms with Crippen molar-refractivity contribution in [2.24, 2.45) is 0 Å². The molecule has 2 aromatic rings. The lowest BCUT2D eigenvalue weighted by Gasteiger charge is -2.22. The minimum atomic E-state index is 0.714. The zero-order valence-corrected chi connectivity index (χ0v) is 11.3. The van der Waals surface area contributed by atoms with Crippen molar-refractivity contribution in [1.82, 2.24) is 0 Å².